The second-order valence-corrected chi connectivity index (χ2v) is 7.46. The number of nitrogens with zero attached hydrogens (tertiary/aromatic N) is 3. The number of likely N-dealkylation sites (tertiary alicyclic amines) is 2. The summed E-state index contributed by atoms with van der Waals surface area (Å²) in [6, 6.07) is 8.20. The molecule has 4 rings (SSSR count). The van der Waals surface area contributed by atoms with Gasteiger partial charge in [0.15, 0.2) is 0 Å². The highest BCUT2D eigenvalue weighted by atomic mass is 32.1. The van der Waals surface area contributed by atoms with E-state index in [4.69, 9.17) is 0 Å². The number of hydrogen-bond acceptors (Lipinski definition) is 4. The van der Waals surface area contributed by atoms with Gasteiger partial charge in [0, 0.05) is 37.8 Å². The maximum absolute atomic E-state index is 12.7. The van der Waals surface area contributed by atoms with Crippen molar-refractivity contribution in [2.24, 2.45) is 11.8 Å². The van der Waals surface area contributed by atoms with Gasteiger partial charge in [-0.05, 0) is 41.4 Å². The minimum Gasteiger partial charge on any atom is -0.336 e. The number of aryl methyl sites for hydroxylation is 1. The van der Waals surface area contributed by atoms with E-state index < -0.39 is 0 Å². The molecule has 4 heterocycles. The number of thiophene rings is 1. The van der Waals surface area contributed by atoms with Gasteiger partial charge in [0.2, 0.25) is 5.91 Å². The Labute approximate surface area is 140 Å². The summed E-state index contributed by atoms with van der Waals surface area (Å²) in [6.07, 6.45) is 0. The zero-order valence-electron chi connectivity index (χ0n) is 13.3. The van der Waals surface area contributed by atoms with Crippen LogP contribution in [0.4, 0.5) is 0 Å². The highest BCUT2D eigenvalue weighted by Gasteiger charge is 2.45. The zero-order valence-corrected chi connectivity index (χ0v) is 14.1. The number of carbonyl (C=O) groups excluding carboxylic acids is 1. The summed E-state index contributed by atoms with van der Waals surface area (Å²) < 4.78 is 0. The summed E-state index contributed by atoms with van der Waals surface area (Å²) in [6.45, 7) is 6.42. The van der Waals surface area contributed by atoms with Crippen LogP contribution < -0.4 is 0 Å². The molecule has 0 aromatic carbocycles. The van der Waals surface area contributed by atoms with E-state index in [1.54, 1.807) is 11.3 Å². The van der Waals surface area contributed by atoms with Gasteiger partial charge in [0.25, 0.3) is 0 Å². The molecule has 2 aliphatic rings. The first-order valence-electron chi connectivity index (χ1n) is 8.14. The van der Waals surface area contributed by atoms with Crippen molar-refractivity contribution in [1.29, 1.82) is 0 Å². The molecule has 120 valence electrons. The third-order valence-electron chi connectivity index (χ3n) is 4.89. The maximum Gasteiger partial charge on any atom is 0.227 e. The molecule has 2 atom stereocenters. The van der Waals surface area contributed by atoms with Gasteiger partial charge in [-0.2, -0.15) is 11.3 Å². The van der Waals surface area contributed by atoms with Gasteiger partial charge in [-0.3, -0.25) is 14.7 Å². The van der Waals surface area contributed by atoms with Crippen LogP contribution in [-0.2, 0) is 17.9 Å². The molecule has 0 radical (unpaired) electrons. The highest BCUT2D eigenvalue weighted by Crippen LogP contribution is 2.33. The Morgan fingerprint density at radius 1 is 1.22 bits per heavy atom. The number of carbonyl (C=O) groups is 1. The van der Waals surface area contributed by atoms with Crippen LogP contribution in [0.25, 0.3) is 0 Å². The average Bonchev–Trinajstić information content (AvgIpc) is 3.21. The van der Waals surface area contributed by atoms with E-state index in [1.807, 2.05) is 30.0 Å². The molecule has 0 bridgehead atoms. The normalized spacial score (nSPS) is 24.4. The van der Waals surface area contributed by atoms with Crippen LogP contribution in [0.5, 0.6) is 0 Å². The fourth-order valence-corrected chi connectivity index (χ4v) is 4.49. The van der Waals surface area contributed by atoms with E-state index in [0.29, 0.717) is 18.4 Å². The smallest absolute Gasteiger partial charge is 0.227 e. The van der Waals surface area contributed by atoms with Gasteiger partial charge in [0.05, 0.1) is 18.2 Å². The lowest BCUT2D eigenvalue weighted by molar-refractivity contribution is -0.131. The third kappa shape index (κ3) is 3.03. The van der Waals surface area contributed by atoms with Gasteiger partial charge >= 0.3 is 0 Å². The predicted molar refractivity (Wildman–Crippen MR) is 91.0 cm³/mol. The van der Waals surface area contributed by atoms with Crippen molar-refractivity contribution in [1.82, 2.24) is 14.8 Å². The fourth-order valence-electron chi connectivity index (χ4n) is 3.83. The third-order valence-corrected chi connectivity index (χ3v) is 5.62. The van der Waals surface area contributed by atoms with Crippen LogP contribution >= 0.6 is 11.3 Å². The van der Waals surface area contributed by atoms with Crippen molar-refractivity contribution in [3.63, 3.8) is 0 Å². The Morgan fingerprint density at radius 3 is 2.87 bits per heavy atom. The standard InChI is InChI=1S/C18H21N3OS/c1-13-3-2-4-16(19-13)10-21-9-15-8-20(11-17(15)18(21)22)7-14-5-6-23-12-14/h2-6,12,15,17H,7-11H2,1H3/t15-,17-/m0/s1. The van der Waals surface area contributed by atoms with Gasteiger partial charge in [-0.1, -0.05) is 6.07 Å². The Morgan fingerprint density at radius 2 is 2.13 bits per heavy atom. The monoisotopic (exact) mass is 327 g/mol. The van der Waals surface area contributed by atoms with Crippen molar-refractivity contribution in [3.05, 3.63) is 52.0 Å². The first-order chi connectivity index (χ1) is 11.2. The lowest BCUT2D eigenvalue weighted by atomic mass is 10.0. The summed E-state index contributed by atoms with van der Waals surface area (Å²) in [5, 5.41) is 4.32. The fraction of sp³-hybridized carbons (Fsp3) is 0.444. The molecule has 5 heteroatoms. The molecule has 23 heavy (non-hydrogen) atoms. The zero-order chi connectivity index (χ0) is 15.8. The lowest BCUT2D eigenvalue weighted by Gasteiger charge is -2.21. The molecule has 2 fully saturated rings. The van der Waals surface area contributed by atoms with E-state index in [-0.39, 0.29) is 5.92 Å². The molecule has 2 aromatic rings. The lowest BCUT2D eigenvalue weighted by Crippen LogP contribution is -2.32. The predicted octanol–water partition coefficient (Wildman–Crippen LogP) is 2.54. The van der Waals surface area contributed by atoms with E-state index in [0.717, 1.165) is 37.6 Å². The second kappa shape index (κ2) is 6.06. The summed E-state index contributed by atoms with van der Waals surface area (Å²) >= 11 is 1.74. The van der Waals surface area contributed by atoms with Crippen molar-refractivity contribution in [3.8, 4) is 0 Å². The quantitative estimate of drug-likeness (QED) is 0.866. The molecule has 2 aromatic heterocycles. The molecule has 0 N–H and O–H groups in total. The van der Waals surface area contributed by atoms with Crippen LogP contribution in [0, 0.1) is 18.8 Å². The van der Waals surface area contributed by atoms with Crippen molar-refractivity contribution in [2.45, 2.75) is 20.0 Å². The van der Waals surface area contributed by atoms with Crippen LogP contribution in [0.2, 0.25) is 0 Å². The number of amides is 1. The molecule has 0 saturated carbocycles. The number of rotatable bonds is 4. The first kappa shape index (κ1) is 14.8. The molecule has 0 spiro atoms. The number of pyridine rings is 1. The van der Waals surface area contributed by atoms with Gasteiger partial charge in [0.1, 0.15) is 0 Å². The van der Waals surface area contributed by atoms with Crippen LogP contribution in [0.1, 0.15) is 17.0 Å². The highest BCUT2D eigenvalue weighted by molar-refractivity contribution is 7.07. The Balaban J connectivity index is 1.38. The summed E-state index contributed by atoms with van der Waals surface area (Å²) in [4.78, 5) is 21.7. The Hall–Kier alpha value is -1.72. The van der Waals surface area contributed by atoms with Crippen molar-refractivity contribution in [2.75, 3.05) is 19.6 Å². The number of hydrogen-bond donors (Lipinski definition) is 0. The minimum absolute atomic E-state index is 0.179. The molecular weight excluding hydrogens is 306 g/mol. The van der Waals surface area contributed by atoms with Crippen LogP contribution in [-0.4, -0.2) is 40.3 Å². The first-order valence-corrected chi connectivity index (χ1v) is 9.08. The van der Waals surface area contributed by atoms with Gasteiger partial charge in [-0.15, -0.1) is 0 Å². The second-order valence-electron chi connectivity index (χ2n) is 6.68. The van der Waals surface area contributed by atoms with Crippen molar-refractivity contribution >= 4 is 17.2 Å². The van der Waals surface area contributed by atoms with Gasteiger partial charge < -0.3 is 4.90 Å². The minimum atomic E-state index is 0.179. The topological polar surface area (TPSA) is 36.4 Å². The molecule has 0 aliphatic carbocycles. The van der Waals surface area contributed by atoms with E-state index in [1.165, 1.54) is 5.56 Å². The maximum atomic E-state index is 12.7. The Bertz CT molecular complexity index is 700. The molecular formula is C18H21N3OS. The molecule has 4 nitrogen and oxygen atoms in total. The summed E-state index contributed by atoms with van der Waals surface area (Å²) in [5.74, 6) is 0.968. The van der Waals surface area contributed by atoms with Crippen molar-refractivity contribution < 1.29 is 4.79 Å². The van der Waals surface area contributed by atoms with Crippen LogP contribution in [0.3, 0.4) is 0 Å². The molecule has 2 saturated heterocycles. The largest absolute Gasteiger partial charge is 0.336 e. The number of fused-ring (bicyclic) bond motifs is 1. The van der Waals surface area contributed by atoms with Gasteiger partial charge in [-0.25, -0.2) is 0 Å². The SMILES string of the molecule is Cc1cccc(CN2C[C@@H]3CN(Cc4ccsc4)C[C@@H]3C2=O)n1. The van der Waals surface area contributed by atoms with E-state index in [2.05, 4.69) is 26.7 Å². The summed E-state index contributed by atoms with van der Waals surface area (Å²) in [7, 11) is 0. The average molecular weight is 327 g/mol. The molecule has 1 amide bonds. The van der Waals surface area contributed by atoms with E-state index >= 15 is 0 Å². The summed E-state index contributed by atoms with van der Waals surface area (Å²) in [5.41, 5.74) is 3.37. The Kier molecular flexibility index (Phi) is 3.91. The van der Waals surface area contributed by atoms with E-state index in [9.17, 15) is 4.79 Å². The van der Waals surface area contributed by atoms with Crippen LogP contribution in [0.15, 0.2) is 35.0 Å². The molecule has 2 aliphatic heterocycles. The number of aromatic nitrogens is 1. The molecule has 0 unspecified atom stereocenters.